The lowest BCUT2D eigenvalue weighted by Crippen LogP contribution is -2.32. The monoisotopic (exact) mass is 390 g/mol. The highest BCUT2D eigenvalue weighted by Crippen LogP contribution is 2.20. The van der Waals surface area contributed by atoms with Crippen molar-refractivity contribution in [3.05, 3.63) is 29.6 Å². The number of hydrogen-bond acceptors (Lipinski definition) is 5. The highest BCUT2D eigenvalue weighted by Gasteiger charge is 2.16. The molecule has 0 radical (unpaired) electrons. The summed E-state index contributed by atoms with van der Waals surface area (Å²) in [5.41, 5.74) is -0.0139. The van der Waals surface area contributed by atoms with E-state index in [4.69, 9.17) is 9.47 Å². The Morgan fingerprint density at radius 3 is 2.54 bits per heavy atom. The zero-order valence-electron chi connectivity index (χ0n) is 15.6. The van der Waals surface area contributed by atoms with Crippen LogP contribution in [0.2, 0.25) is 0 Å². The van der Waals surface area contributed by atoms with Gasteiger partial charge in [0.15, 0.2) is 0 Å². The number of hydrogen-bond donors (Lipinski definition) is 2. The van der Waals surface area contributed by atoms with Gasteiger partial charge in [-0.25, -0.2) is 22.3 Å². The van der Waals surface area contributed by atoms with Crippen LogP contribution in [0.3, 0.4) is 0 Å². The van der Waals surface area contributed by atoms with E-state index < -0.39 is 27.5 Å². The van der Waals surface area contributed by atoms with Crippen molar-refractivity contribution in [3.8, 4) is 5.75 Å². The minimum absolute atomic E-state index is 0.00304. The molecule has 0 aromatic heterocycles. The van der Waals surface area contributed by atoms with Gasteiger partial charge in [0.25, 0.3) is 0 Å². The first-order valence-electron chi connectivity index (χ1n) is 8.32. The molecule has 26 heavy (non-hydrogen) atoms. The molecule has 0 spiro atoms. The third-order valence-corrected chi connectivity index (χ3v) is 4.68. The molecule has 0 aliphatic carbocycles. The number of alkyl carbamates (subject to hydrolysis) is 1. The number of rotatable bonds is 9. The molecule has 1 rings (SSSR count). The van der Waals surface area contributed by atoms with E-state index in [-0.39, 0.29) is 18.9 Å². The molecule has 0 aliphatic heterocycles. The van der Waals surface area contributed by atoms with Gasteiger partial charge in [-0.2, -0.15) is 0 Å². The van der Waals surface area contributed by atoms with Crippen LogP contribution in [0.15, 0.2) is 18.2 Å². The zero-order valence-corrected chi connectivity index (χ0v) is 16.4. The molecule has 0 aliphatic rings. The van der Waals surface area contributed by atoms with Crippen molar-refractivity contribution in [2.75, 3.05) is 19.4 Å². The largest absolute Gasteiger partial charge is 0.493 e. The zero-order chi connectivity index (χ0) is 19.8. The summed E-state index contributed by atoms with van der Waals surface area (Å²) in [4.78, 5) is 11.7. The Labute approximate surface area is 154 Å². The summed E-state index contributed by atoms with van der Waals surface area (Å²) in [6.45, 7) is 5.63. The summed E-state index contributed by atoms with van der Waals surface area (Å²) in [7, 11) is -1.88. The molecular formula is C17H27FN2O5S. The van der Waals surface area contributed by atoms with Crippen LogP contribution in [0.25, 0.3) is 0 Å². The van der Waals surface area contributed by atoms with Crippen molar-refractivity contribution in [2.45, 2.75) is 45.8 Å². The van der Waals surface area contributed by atoms with Gasteiger partial charge in [-0.1, -0.05) is 6.07 Å². The average molecular weight is 390 g/mol. The van der Waals surface area contributed by atoms with Gasteiger partial charge in [0, 0.05) is 18.2 Å². The minimum Gasteiger partial charge on any atom is -0.493 e. The first-order valence-corrected chi connectivity index (χ1v) is 9.97. The first-order chi connectivity index (χ1) is 12.0. The Bertz CT molecular complexity index is 702. The van der Waals surface area contributed by atoms with E-state index in [1.165, 1.54) is 25.2 Å². The van der Waals surface area contributed by atoms with E-state index in [0.717, 1.165) is 0 Å². The van der Waals surface area contributed by atoms with Gasteiger partial charge in [-0.15, -0.1) is 0 Å². The highest BCUT2D eigenvalue weighted by molar-refractivity contribution is 7.89. The smallest absolute Gasteiger partial charge is 0.407 e. The average Bonchev–Trinajstić information content (AvgIpc) is 2.52. The molecule has 0 bridgehead atoms. The molecular weight excluding hydrogens is 363 g/mol. The number of unbranched alkanes of at least 4 members (excludes halogenated alkanes) is 1. The van der Waals surface area contributed by atoms with Gasteiger partial charge < -0.3 is 14.8 Å². The van der Waals surface area contributed by atoms with Crippen LogP contribution in [0.1, 0.15) is 39.2 Å². The van der Waals surface area contributed by atoms with Crippen LogP contribution in [-0.2, 0) is 21.3 Å². The van der Waals surface area contributed by atoms with Crippen LogP contribution in [0.4, 0.5) is 9.18 Å². The molecule has 148 valence electrons. The van der Waals surface area contributed by atoms with E-state index in [0.29, 0.717) is 24.2 Å². The fraction of sp³-hybridized carbons (Fsp3) is 0.588. The third kappa shape index (κ3) is 9.00. The van der Waals surface area contributed by atoms with Crippen molar-refractivity contribution < 1.29 is 27.1 Å². The molecule has 9 heteroatoms. The fourth-order valence-corrected chi connectivity index (χ4v) is 2.76. The summed E-state index contributed by atoms with van der Waals surface area (Å²) < 4.78 is 49.1. The number of ether oxygens (including phenoxy) is 2. The lowest BCUT2D eigenvalue weighted by atomic mass is 10.2. The van der Waals surface area contributed by atoms with Crippen molar-refractivity contribution in [2.24, 2.45) is 0 Å². The normalized spacial score (nSPS) is 11.9. The summed E-state index contributed by atoms with van der Waals surface area (Å²) in [5, 5.41) is 2.59. The van der Waals surface area contributed by atoms with E-state index in [9.17, 15) is 17.6 Å². The van der Waals surface area contributed by atoms with Gasteiger partial charge in [0.05, 0.1) is 12.4 Å². The van der Waals surface area contributed by atoms with Crippen LogP contribution in [-0.4, -0.2) is 39.5 Å². The molecule has 2 N–H and O–H groups in total. The van der Waals surface area contributed by atoms with Crippen molar-refractivity contribution in [1.29, 1.82) is 0 Å². The topological polar surface area (TPSA) is 93.7 Å². The fourth-order valence-electron chi connectivity index (χ4n) is 1.97. The lowest BCUT2D eigenvalue weighted by molar-refractivity contribution is 0.0523. The molecule has 1 aromatic rings. The standard InChI is InChI=1S/C17H27FN2O5S/c1-17(2,3)25-16(21)20-12-13-7-8-14(18)11-15(13)24-9-5-6-10-26(22,23)19-4/h7-8,11,19H,5-6,9-10,12H2,1-4H3,(H,20,21). The Morgan fingerprint density at radius 1 is 1.23 bits per heavy atom. The third-order valence-electron chi connectivity index (χ3n) is 3.23. The van der Waals surface area contributed by atoms with Gasteiger partial charge in [-0.3, -0.25) is 0 Å². The molecule has 7 nitrogen and oxygen atoms in total. The van der Waals surface area contributed by atoms with E-state index in [2.05, 4.69) is 10.0 Å². The van der Waals surface area contributed by atoms with Crippen LogP contribution < -0.4 is 14.8 Å². The number of carbonyl (C=O) groups is 1. The summed E-state index contributed by atoms with van der Waals surface area (Å²) in [5.74, 6) is -0.153. The molecule has 0 saturated carbocycles. The molecule has 1 aromatic carbocycles. The summed E-state index contributed by atoms with van der Waals surface area (Å²) in [6, 6.07) is 4.03. The van der Waals surface area contributed by atoms with Crippen LogP contribution >= 0.6 is 0 Å². The van der Waals surface area contributed by atoms with Gasteiger partial charge >= 0.3 is 6.09 Å². The minimum atomic E-state index is -3.24. The second-order valence-electron chi connectivity index (χ2n) is 6.69. The van der Waals surface area contributed by atoms with Crippen molar-refractivity contribution >= 4 is 16.1 Å². The lowest BCUT2D eigenvalue weighted by Gasteiger charge is -2.20. The molecule has 1 amide bonds. The van der Waals surface area contributed by atoms with E-state index in [1.54, 1.807) is 20.8 Å². The highest BCUT2D eigenvalue weighted by atomic mass is 32.2. The van der Waals surface area contributed by atoms with Crippen LogP contribution in [0, 0.1) is 5.82 Å². The Morgan fingerprint density at radius 2 is 1.92 bits per heavy atom. The maximum Gasteiger partial charge on any atom is 0.407 e. The number of carbonyl (C=O) groups excluding carboxylic acids is 1. The molecule has 0 saturated heterocycles. The Hall–Kier alpha value is -1.87. The Balaban J connectivity index is 2.55. The van der Waals surface area contributed by atoms with E-state index >= 15 is 0 Å². The number of amides is 1. The summed E-state index contributed by atoms with van der Waals surface area (Å²) >= 11 is 0. The second-order valence-corrected chi connectivity index (χ2v) is 8.73. The number of benzene rings is 1. The van der Waals surface area contributed by atoms with Gasteiger partial charge in [-0.05, 0) is 46.7 Å². The molecule has 0 atom stereocenters. The predicted octanol–water partition coefficient (Wildman–Crippen LogP) is 2.56. The van der Waals surface area contributed by atoms with Crippen LogP contribution in [0.5, 0.6) is 5.75 Å². The predicted molar refractivity (Wildman–Crippen MR) is 97.0 cm³/mol. The maximum atomic E-state index is 13.5. The maximum absolute atomic E-state index is 13.5. The number of nitrogens with one attached hydrogen (secondary N) is 2. The van der Waals surface area contributed by atoms with Crippen molar-refractivity contribution in [3.63, 3.8) is 0 Å². The first kappa shape index (κ1) is 22.2. The second kappa shape index (κ2) is 9.72. The van der Waals surface area contributed by atoms with Gasteiger partial charge in [0.2, 0.25) is 10.0 Å². The SMILES string of the molecule is CNS(=O)(=O)CCCCOc1cc(F)ccc1CNC(=O)OC(C)(C)C. The van der Waals surface area contributed by atoms with Gasteiger partial charge in [0.1, 0.15) is 17.2 Å². The number of sulfonamides is 1. The number of halogens is 1. The quantitative estimate of drug-likeness (QED) is 0.632. The van der Waals surface area contributed by atoms with Crippen molar-refractivity contribution in [1.82, 2.24) is 10.0 Å². The summed E-state index contributed by atoms with van der Waals surface area (Å²) in [6.07, 6.45) is 0.338. The molecule has 0 fully saturated rings. The van der Waals surface area contributed by atoms with E-state index in [1.807, 2.05) is 0 Å². The Kier molecular flexibility index (Phi) is 8.29. The molecule has 0 unspecified atom stereocenters. The molecule has 0 heterocycles.